The van der Waals surface area contributed by atoms with E-state index in [-0.39, 0.29) is 12.1 Å². The van der Waals surface area contributed by atoms with E-state index in [1.807, 2.05) is 34.6 Å². The Morgan fingerprint density at radius 2 is 2.11 bits per heavy atom. The van der Waals surface area contributed by atoms with Crippen molar-refractivity contribution in [3.05, 3.63) is 0 Å². The lowest BCUT2D eigenvalue weighted by Crippen LogP contribution is -2.50. The first-order valence-electron chi connectivity index (χ1n) is 6.15. The van der Waals surface area contributed by atoms with Crippen LogP contribution in [0.4, 0.5) is 4.79 Å². The standard InChI is InChI=1S/C12H24N2O4/c1-11(2,3)18-10(15)14-9(6-7-17-13)8-16-12(14,4)5/h9H,6-8,13H2,1-5H3/t9-/m0/s1. The summed E-state index contributed by atoms with van der Waals surface area (Å²) >= 11 is 0. The topological polar surface area (TPSA) is 74.0 Å². The van der Waals surface area contributed by atoms with Crippen LogP contribution in [-0.2, 0) is 14.3 Å². The molecular formula is C12H24N2O4. The molecule has 0 spiro atoms. The third kappa shape index (κ3) is 3.83. The smallest absolute Gasteiger partial charge is 0.412 e. The van der Waals surface area contributed by atoms with Gasteiger partial charge >= 0.3 is 6.09 Å². The summed E-state index contributed by atoms with van der Waals surface area (Å²) < 4.78 is 11.0. The molecule has 18 heavy (non-hydrogen) atoms. The van der Waals surface area contributed by atoms with Crippen LogP contribution in [0.5, 0.6) is 0 Å². The maximum absolute atomic E-state index is 12.2. The Labute approximate surface area is 108 Å². The van der Waals surface area contributed by atoms with Crippen LogP contribution in [-0.4, -0.2) is 41.6 Å². The van der Waals surface area contributed by atoms with Gasteiger partial charge in [-0.1, -0.05) is 0 Å². The normalized spacial score (nSPS) is 23.2. The Balaban J connectivity index is 2.75. The van der Waals surface area contributed by atoms with Gasteiger partial charge in [0.2, 0.25) is 0 Å². The fraction of sp³-hybridized carbons (Fsp3) is 0.917. The average molecular weight is 260 g/mol. The Hall–Kier alpha value is -0.850. The molecule has 0 unspecified atom stereocenters. The van der Waals surface area contributed by atoms with Crippen molar-refractivity contribution in [2.24, 2.45) is 5.90 Å². The zero-order valence-electron chi connectivity index (χ0n) is 11.9. The molecule has 0 bridgehead atoms. The maximum atomic E-state index is 12.2. The van der Waals surface area contributed by atoms with E-state index in [2.05, 4.69) is 4.84 Å². The second-order valence-corrected chi connectivity index (χ2v) is 5.92. The van der Waals surface area contributed by atoms with Crippen molar-refractivity contribution in [3.8, 4) is 0 Å². The zero-order valence-corrected chi connectivity index (χ0v) is 11.9. The van der Waals surface area contributed by atoms with Crippen molar-refractivity contribution in [1.29, 1.82) is 0 Å². The number of hydrogen-bond donors (Lipinski definition) is 1. The van der Waals surface area contributed by atoms with E-state index in [4.69, 9.17) is 15.4 Å². The Bertz CT molecular complexity index is 299. The molecule has 0 aliphatic carbocycles. The van der Waals surface area contributed by atoms with E-state index < -0.39 is 11.3 Å². The van der Waals surface area contributed by atoms with Gasteiger partial charge in [-0.05, 0) is 41.0 Å². The summed E-state index contributed by atoms with van der Waals surface area (Å²) in [6.45, 7) is 10.1. The van der Waals surface area contributed by atoms with E-state index in [1.165, 1.54) is 0 Å². The van der Waals surface area contributed by atoms with Crippen LogP contribution >= 0.6 is 0 Å². The highest BCUT2D eigenvalue weighted by molar-refractivity contribution is 5.69. The van der Waals surface area contributed by atoms with Crippen molar-refractivity contribution in [3.63, 3.8) is 0 Å². The minimum absolute atomic E-state index is 0.0709. The molecule has 0 radical (unpaired) electrons. The molecular weight excluding hydrogens is 236 g/mol. The molecule has 1 saturated heterocycles. The molecule has 1 atom stereocenters. The van der Waals surface area contributed by atoms with Crippen molar-refractivity contribution in [2.45, 2.75) is 58.4 Å². The SMILES string of the molecule is CC(C)(C)OC(=O)N1[C@@H](CCON)COC1(C)C. The summed E-state index contributed by atoms with van der Waals surface area (Å²) in [6.07, 6.45) is 0.256. The van der Waals surface area contributed by atoms with E-state index in [0.717, 1.165) is 0 Å². The quantitative estimate of drug-likeness (QED) is 0.781. The van der Waals surface area contributed by atoms with Crippen LogP contribution in [0.25, 0.3) is 0 Å². The monoisotopic (exact) mass is 260 g/mol. The fourth-order valence-electron chi connectivity index (χ4n) is 1.98. The van der Waals surface area contributed by atoms with E-state index in [0.29, 0.717) is 19.6 Å². The fourth-order valence-corrected chi connectivity index (χ4v) is 1.98. The summed E-state index contributed by atoms with van der Waals surface area (Å²) in [4.78, 5) is 18.4. The largest absolute Gasteiger partial charge is 0.444 e. The Morgan fingerprint density at radius 1 is 1.50 bits per heavy atom. The minimum Gasteiger partial charge on any atom is -0.444 e. The minimum atomic E-state index is -0.665. The van der Waals surface area contributed by atoms with E-state index in [9.17, 15) is 4.79 Å². The number of carbonyl (C=O) groups excluding carboxylic acids is 1. The van der Waals surface area contributed by atoms with Crippen molar-refractivity contribution >= 4 is 6.09 Å². The van der Waals surface area contributed by atoms with Crippen molar-refractivity contribution in [1.82, 2.24) is 4.90 Å². The van der Waals surface area contributed by atoms with Crippen LogP contribution in [0.3, 0.4) is 0 Å². The Morgan fingerprint density at radius 3 is 2.61 bits per heavy atom. The third-order valence-electron chi connectivity index (χ3n) is 2.73. The first-order chi connectivity index (χ1) is 8.17. The number of carbonyl (C=O) groups is 1. The van der Waals surface area contributed by atoms with Crippen molar-refractivity contribution in [2.75, 3.05) is 13.2 Å². The van der Waals surface area contributed by atoms with Gasteiger partial charge in [0.1, 0.15) is 11.3 Å². The van der Waals surface area contributed by atoms with E-state index in [1.54, 1.807) is 4.90 Å². The molecule has 0 aromatic carbocycles. The average Bonchev–Trinajstić information content (AvgIpc) is 2.48. The molecule has 6 nitrogen and oxygen atoms in total. The highest BCUT2D eigenvalue weighted by Crippen LogP contribution is 2.30. The van der Waals surface area contributed by atoms with E-state index >= 15 is 0 Å². The summed E-state index contributed by atoms with van der Waals surface area (Å²) in [5.41, 5.74) is -1.19. The summed E-state index contributed by atoms with van der Waals surface area (Å²) in [6, 6.07) is -0.0709. The van der Waals surface area contributed by atoms with Crippen LogP contribution in [0.2, 0.25) is 0 Å². The van der Waals surface area contributed by atoms with Crippen LogP contribution in [0.15, 0.2) is 0 Å². The molecule has 2 N–H and O–H groups in total. The number of hydrogen-bond acceptors (Lipinski definition) is 5. The van der Waals surface area contributed by atoms with Gasteiger partial charge in [0.15, 0.2) is 0 Å². The van der Waals surface area contributed by atoms with Gasteiger partial charge in [-0.25, -0.2) is 10.7 Å². The molecule has 0 saturated carbocycles. The van der Waals surface area contributed by atoms with Gasteiger partial charge in [0.05, 0.1) is 19.3 Å². The second-order valence-electron chi connectivity index (χ2n) is 5.92. The van der Waals surface area contributed by atoms with Gasteiger partial charge in [-0.2, -0.15) is 0 Å². The lowest BCUT2D eigenvalue weighted by molar-refractivity contribution is -0.0633. The lowest BCUT2D eigenvalue weighted by atomic mass is 10.1. The molecule has 0 aromatic heterocycles. The van der Waals surface area contributed by atoms with Gasteiger partial charge < -0.3 is 14.3 Å². The maximum Gasteiger partial charge on any atom is 0.412 e. The number of nitrogens with zero attached hydrogens (tertiary/aromatic N) is 1. The van der Waals surface area contributed by atoms with Gasteiger partial charge in [0, 0.05) is 0 Å². The predicted molar refractivity (Wildman–Crippen MR) is 66.6 cm³/mol. The molecule has 106 valence electrons. The molecule has 6 heteroatoms. The lowest BCUT2D eigenvalue weighted by Gasteiger charge is -2.35. The van der Waals surface area contributed by atoms with Crippen LogP contribution in [0.1, 0.15) is 41.0 Å². The van der Waals surface area contributed by atoms with Gasteiger partial charge in [-0.15, -0.1) is 0 Å². The summed E-state index contributed by atoms with van der Waals surface area (Å²) in [7, 11) is 0. The summed E-state index contributed by atoms with van der Waals surface area (Å²) in [5.74, 6) is 5.02. The molecule has 1 heterocycles. The first kappa shape index (κ1) is 15.2. The van der Waals surface area contributed by atoms with Crippen LogP contribution in [0, 0.1) is 0 Å². The number of rotatable bonds is 3. The molecule has 1 rings (SSSR count). The van der Waals surface area contributed by atoms with Gasteiger partial charge in [0.25, 0.3) is 0 Å². The Kier molecular flexibility index (Phi) is 4.58. The molecule has 0 aromatic rings. The third-order valence-corrected chi connectivity index (χ3v) is 2.73. The second kappa shape index (κ2) is 5.42. The number of nitrogens with two attached hydrogens (primary N) is 1. The molecule has 1 fully saturated rings. The van der Waals surface area contributed by atoms with Crippen molar-refractivity contribution < 1.29 is 19.1 Å². The number of ether oxygens (including phenoxy) is 2. The number of amides is 1. The highest BCUT2D eigenvalue weighted by Gasteiger charge is 2.45. The molecule has 1 amide bonds. The molecule has 1 aliphatic heterocycles. The van der Waals surface area contributed by atoms with Crippen LogP contribution < -0.4 is 5.90 Å². The van der Waals surface area contributed by atoms with Gasteiger partial charge in [-0.3, -0.25) is 4.90 Å². The predicted octanol–water partition coefficient (Wildman–Crippen LogP) is 1.64. The summed E-state index contributed by atoms with van der Waals surface area (Å²) in [5, 5.41) is 0. The molecule has 1 aliphatic rings. The highest BCUT2D eigenvalue weighted by atomic mass is 16.6. The first-order valence-corrected chi connectivity index (χ1v) is 6.15. The zero-order chi connectivity index (χ0) is 14.0.